The van der Waals surface area contributed by atoms with Gasteiger partial charge in [-0.1, -0.05) is 13.8 Å². The molecule has 0 saturated carbocycles. The SMILES string of the molecule is CC(C)CN(C)C1CCc2c(sc3ncn(CCCOC(C)C)c(=O)c23)C1. The first-order chi connectivity index (χ1) is 12.9. The van der Waals surface area contributed by atoms with E-state index >= 15 is 0 Å². The summed E-state index contributed by atoms with van der Waals surface area (Å²) in [5.41, 5.74) is 1.38. The smallest absolute Gasteiger partial charge is 0.262 e. The van der Waals surface area contributed by atoms with Crippen molar-refractivity contribution in [1.29, 1.82) is 0 Å². The molecule has 0 radical (unpaired) electrons. The lowest BCUT2D eigenvalue weighted by Gasteiger charge is -2.32. The van der Waals surface area contributed by atoms with E-state index in [0.717, 1.165) is 42.4 Å². The predicted molar refractivity (Wildman–Crippen MR) is 113 cm³/mol. The molecule has 150 valence electrons. The van der Waals surface area contributed by atoms with Crippen LogP contribution in [0.1, 0.15) is 51.0 Å². The maximum Gasteiger partial charge on any atom is 0.262 e. The molecule has 0 aromatic carbocycles. The number of ether oxygens (including phenoxy) is 1. The van der Waals surface area contributed by atoms with E-state index < -0.39 is 0 Å². The van der Waals surface area contributed by atoms with Crippen molar-refractivity contribution in [2.75, 3.05) is 20.2 Å². The Labute approximate surface area is 166 Å². The minimum Gasteiger partial charge on any atom is -0.379 e. The van der Waals surface area contributed by atoms with Gasteiger partial charge in [0.1, 0.15) is 4.83 Å². The van der Waals surface area contributed by atoms with E-state index in [0.29, 0.717) is 25.1 Å². The van der Waals surface area contributed by atoms with Gasteiger partial charge in [-0.15, -0.1) is 11.3 Å². The molecule has 2 heterocycles. The van der Waals surface area contributed by atoms with Crippen LogP contribution in [0.15, 0.2) is 11.1 Å². The molecule has 0 N–H and O–H groups in total. The van der Waals surface area contributed by atoms with Crippen LogP contribution in [0.5, 0.6) is 0 Å². The molecule has 1 aliphatic rings. The molecule has 5 nitrogen and oxygen atoms in total. The van der Waals surface area contributed by atoms with Crippen molar-refractivity contribution in [3.05, 3.63) is 27.1 Å². The zero-order valence-electron chi connectivity index (χ0n) is 17.3. The Morgan fingerprint density at radius 1 is 1.37 bits per heavy atom. The van der Waals surface area contributed by atoms with Gasteiger partial charge in [0.05, 0.1) is 17.8 Å². The molecule has 6 heteroatoms. The van der Waals surface area contributed by atoms with Crippen LogP contribution in [0.25, 0.3) is 10.2 Å². The second-order valence-electron chi connectivity index (χ2n) is 8.43. The van der Waals surface area contributed by atoms with E-state index in [2.05, 4.69) is 30.8 Å². The fraction of sp³-hybridized carbons (Fsp3) is 0.714. The van der Waals surface area contributed by atoms with Gasteiger partial charge in [0.2, 0.25) is 0 Å². The summed E-state index contributed by atoms with van der Waals surface area (Å²) in [6, 6.07) is 0.573. The van der Waals surface area contributed by atoms with Crippen molar-refractivity contribution in [1.82, 2.24) is 14.5 Å². The number of likely N-dealkylation sites (N-methyl/N-ethyl adjacent to an activating group) is 1. The normalized spacial score (nSPS) is 17.4. The number of thiophene rings is 1. The summed E-state index contributed by atoms with van der Waals surface area (Å²) in [7, 11) is 2.23. The third-order valence-electron chi connectivity index (χ3n) is 5.28. The quantitative estimate of drug-likeness (QED) is 0.644. The minimum atomic E-state index is 0.121. The van der Waals surface area contributed by atoms with Crippen LogP contribution in [0.3, 0.4) is 0 Å². The summed E-state index contributed by atoms with van der Waals surface area (Å²) in [5, 5.41) is 0.868. The van der Waals surface area contributed by atoms with E-state index in [-0.39, 0.29) is 11.7 Å². The van der Waals surface area contributed by atoms with Crippen LogP contribution in [-0.2, 0) is 24.1 Å². The molecule has 0 aliphatic heterocycles. The summed E-state index contributed by atoms with van der Waals surface area (Å²) < 4.78 is 7.35. The summed E-state index contributed by atoms with van der Waals surface area (Å²) in [4.78, 5) is 22.4. The molecule has 1 unspecified atom stereocenters. The van der Waals surface area contributed by atoms with Crippen LogP contribution in [0.4, 0.5) is 0 Å². The molecule has 0 fully saturated rings. The molecule has 0 amide bonds. The molecule has 1 atom stereocenters. The van der Waals surface area contributed by atoms with Gasteiger partial charge in [0.15, 0.2) is 0 Å². The van der Waals surface area contributed by atoms with Gasteiger partial charge < -0.3 is 9.64 Å². The van der Waals surface area contributed by atoms with Crippen molar-refractivity contribution in [3.8, 4) is 0 Å². The van der Waals surface area contributed by atoms with Crippen molar-refractivity contribution in [2.45, 2.75) is 72.1 Å². The van der Waals surface area contributed by atoms with Gasteiger partial charge in [0.25, 0.3) is 5.56 Å². The topological polar surface area (TPSA) is 47.4 Å². The van der Waals surface area contributed by atoms with Crippen LogP contribution in [-0.4, -0.2) is 46.8 Å². The number of aromatic nitrogens is 2. The number of aryl methyl sites for hydroxylation is 2. The van der Waals surface area contributed by atoms with E-state index in [1.165, 1.54) is 10.4 Å². The summed E-state index contributed by atoms with van der Waals surface area (Å²) in [6.45, 7) is 11.1. The van der Waals surface area contributed by atoms with Crippen molar-refractivity contribution in [2.24, 2.45) is 5.92 Å². The molecule has 2 aromatic rings. The third-order valence-corrected chi connectivity index (χ3v) is 6.44. The van der Waals surface area contributed by atoms with Gasteiger partial charge in [-0.05, 0) is 58.1 Å². The number of hydrogen-bond donors (Lipinski definition) is 0. The van der Waals surface area contributed by atoms with Gasteiger partial charge in [-0.25, -0.2) is 4.98 Å². The molecule has 3 rings (SSSR count). The van der Waals surface area contributed by atoms with Gasteiger partial charge in [-0.2, -0.15) is 0 Å². The summed E-state index contributed by atoms with van der Waals surface area (Å²) >= 11 is 1.72. The monoisotopic (exact) mass is 391 g/mol. The highest BCUT2D eigenvalue weighted by Crippen LogP contribution is 2.34. The Hall–Kier alpha value is -1.24. The molecule has 0 spiro atoms. The second kappa shape index (κ2) is 8.84. The van der Waals surface area contributed by atoms with Gasteiger partial charge in [-0.3, -0.25) is 9.36 Å². The van der Waals surface area contributed by atoms with Crippen molar-refractivity contribution in [3.63, 3.8) is 0 Å². The van der Waals surface area contributed by atoms with Crippen LogP contribution < -0.4 is 5.56 Å². The summed E-state index contributed by atoms with van der Waals surface area (Å²) in [5.74, 6) is 0.673. The Balaban J connectivity index is 1.77. The first-order valence-corrected chi connectivity index (χ1v) is 11.0. The molecule has 27 heavy (non-hydrogen) atoms. The van der Waals surface area contributed by atoms with Gasteiger partial charge >= 0.3 is 0 Å². The molecular formula is C21H33N3O2S. The Morgan fingerprint density at radius 2 is 2.15 bits per heavy atom. The van der Waals surface area contributed by atoms with Crippen LogP contribution in [0.2, 0.25) is 0 Å². The average Bonchev–Trinajstić information content (AvgIpc) is 2.97. The lowest BCUT2D eigenvalue weighted by atomic mass is 9.92. The second-order valence-corrected chi connectivity index (χ2v) is 9.51. The van der Waals surface area contributed by atoms with Crippen molar-refractivity contribution >= 4 is 21.6 Å². The first kappa shape index (κ1) is 20.5. The van der Waals surface area contributed by atoms with Crippen LogP contribution in [0, 0.1) is 5.92 Å². The zero-order valence-corrected chi connectivity index (χ0v) is 18.1. The lowest BCUT2D eigenvalue weighted by Crippen LogP contribution is -2.38. The minimum absolute atomic E-state index is 0.121. The Morgan fingerprint density at radius 3 is 2.85 bits per heavy atom. The molecule has 0 bridgehead atoms. The predicted octanol–water partition coefficient (Wildman–Crippen LogP) is 3.72. The first-order valence-electron chi connectivity index (χ1n) is 10.2. The lowest BCUT2D eigenvalue weighted by molar-refractivity contribution is 0.0747. The number of hydrogen-bond acceptors (Lipinski definition) is 5. The Bertz CT molecular complexity index is 825. The van der Waals surface area contributed by atoms with E-state index in [9.17, 15) is 4.79 Å². The molecule has 2 aromatic heterocycles. The number of rotatable bonds is 8. The van der Waals surface area contributed by atoms with E-state index in [1.54, 1.807) is 22.2 Å². The highest BCUT2D eigenvalue weighted by molar-refractivity contribution is 7.18. The van der Waals surface area contributed by atoms with E-state index in [1.807, 2.05) is 13.8 Å². The highest BCUT2D eigenvalue weighted by Gasteiger charge is 2.27. The summed E-state index contributed by atoms with van der Waals surface area (Å²) in [6.07, 6.45) is 5.93. The standard InChI is InChI=1S/C21H33N3O2S/c1-14(2)12-23(5)16-7-8-17-18(11-16)27-20-19(17)21(25)24(13-22-20)9-6-10-26-15(3)4/h13-16H,6-12H2,1-5H3. The third kappa shape index (κ3) is 4.79. The maximum atomic E-state index is 13.0. The maximum absolute atomic E-state index is 13.0. The molecule has 1 aliphatic carbocycles. The number of fused-ring (bicyclic) bond motifs is 3. The van der Waals surface area contributed by atoms with Gasteiger partial charge in [0, 0.05) is 30.6 Å². The number of nitrogens with zero attached hydrogens (tertiary/aromatic N) is 3. The molecule has 0 saturated heterocycles. The largest absolute Gasteiger partial charge is 0.379 e. The van der Waals surface area contributed by atoms with E-state index in [4.69, 9.17) is 4.74 Å². The Kier molecular flexibility index (Phi) is 6.71. The van der Waals surface area contributed by atoms with Crippen molar-refractivity contribution < 1.29 is 4.74 Å². The average molecular weight is 392 g/mol. The zero-order chi connectivity index (χ0) is 19.6. The highest BCUT2D eigenvalue weighted by atomic mass is 32.1. The van der Waals surface area contributed by atoms with Crippen LogP contribution >= 0.6 is 11.3 Å². The fourth-order valence-corrected chi connectivity index (χ4v) is 5.25. The fourth-order valence-electron chi connectivity index (χ4n) is 4.00. The molecular weight excluding hydrogens is 358 g/mol.